The van der Waals surface area contributed by atoms with Crippen LogP contribution in [0.4, 0.5) is 11.4 Å². The van der Waals surface area contributed by atoms with E-state index in [0.29, 0.717) is 0 Å². The van der Waals surface area contributed by atoms with E-state index in [-0.39, 0.29) is 11.5 Å². The van der Waals surface area contributed by atoms with E-state index < -0.39 is 0 Å². The summed E-state index contributed by atoms with van der Waals surface area (Å²) in [5.74, 6) is 0. The van der Waals surface area contributed by atoms with Crippen LogP contribution in [-0.4, -0.2) is 27.8 Å². The predicted octanol–water partition coefficient (Wildman–Crippen LogP) is 3.73. The van der Waals surface area contributed by atoms with Crippen LogP contribution in [0.2, 0.25) is 0 Å². The molecule has 0 aliphatic carbocycles. The molecular formula is C17H17N3S2. The number of nitrogens with zero attached hydrogens (tertiary/aromatic N) is 2. The van der Waals surface area contributed by atoms with Crippen LogP contribution >= 0.6 is 24.0 Å². The molecule has 3 nitrogen and oxygen atoms in total. The van der Waals surface area contributed by atoms with Crippen LogP contribution in [0.25, 0.3) is 0 Å². The average molecular weight is 327 g/mol. The van der Waals surface area contributed by atoms with Crippen molar-refractivity contribution < 1.29 is 0 Å². The Kier molecular flexibility index (Phi) is 3.47. The maximum atomic E-state index is 5.64. The zero-order chi connectivity index (χ0) is 15.1. The third kappa shape index (κ3) is 2.25. The molecule has 2 aliphatic rings. The molecule has 1 saturated heterocycles. The third-order valence-corrected chi connectivity index (χ3v) is 5.80. The monoisotopic (exact) mass is 327 g/mol. The lowest BCUT2D eigenvalue weighted by Crippen LogP contribution is -2.53. The highest BCUT2D eigenvalue weighted by Crippen LogP contribution is 2.43. The van der Waals surface area contributed by atoms with Crippen molar-refractivity contribution in [2.45, 2.75) is 18.1 Å². The van der Waals surface area contributed by atoms with Crippen molar-refractivity contribution in [2.24, 2.45) is 0 Å². The Balaban J connectivity index is 1.66. The number of thiocarbonyl (C=S) groups is 1. The fourth-order valence-electron chi connectivity index (χ4n) is 3.16. The first-order valence-electron chi connectivity index (χ1n) is 7.33. The minimum Gasteiger partial charge on any atom is -0.368 e. The van der Waals surface area contributed by atoms with Crippen LogP contribution in [0.3, 0.4) is 0 Å². The SMILES string of the molecule is CN1c2ccccc2N[C@@H]2SC(=S)N(Cc3ccccc3)[C@@H]21. The fraction of sp³-hybridized carbons (Fsp3) is 0.235. The molecule has 4 rings (SSSR count). The van der Waals surface area contributed by atoms with E-state index in [2.05, 4.69) is 70.7 Å². The van der Waals surface area contributed by atoms with E-state index in [4.69, 9.17) is 12.2 Å². The molecule has 0 spiro atoms. The molecule has 2 aliphatic heterocycles. The van der Waals surface area contributed by atoms with Crippen molar-refractivity contribution in [3.63, 3.8) is 0 Å². The molecule has 2 heterocycles. The second kappa shape index (κ2) is 5.48. The maximum Gasteiger partial charge on any atom is 0.140 e. The molecule has 0 bridgehead atoms. The molecule has 0 unspecified atom stereocenters. The van der Waals surface area contributed by atoms with Gasteiger partial charge in [0.2, 0.25) is 0 Å². The van der Waals surface area contributed by atoms with Crippen LogP contribution in [0.1, 0.15) is 5.56 Å². The Morgan fingerprint density at radius 3 is 2.64 bits per heavy atom. The summed E-state index contributed by atoms with van der Waals surface area (Å²) in [4.78, 5) is 4.66. The van der Waals surface area contributed by atoms with Crippen LogP contribution in [0.5, 0.6) is 0 Å². The summed E-state index contributed by atoms with van der Waals surface area (Å²) in [5, 5.41) is 3.90. The smallest absolute Gasteiger partial charge is 0.140 e. The van der Waals surface area contributed by atoms with Gasteiger partial charge in [-0.25, -0.2) is 0 Å². The number of hydrogen-bond acceptors (Lipinski definition) is 4. The second-order valence-corrected chi connectivity index (χ2v) is 7.38. The van der Waals surface area contributed by atoms with Gasteiger partial charge in [-0.3, -0.25) is 0 Å². The summed E-state index contributed by atoms with van der Waals surface area (Å²) in [6.45, 7) is 0.849. The Labute approximate surface area is 140 Å². The zero-order valence-electron chi connectivity index (χ0n) is 12.3. The summed E-state index contributed by atoms with van der Waals surface area (Å²) in [6, 6.07) is 19.0. The minimum atomic E-state index is 0.243. The highest BCUT2D eigenvalue weighted by Gasteiger charge is 2.44. The Hall–Kier alpha value is -1.72. The number of benzene rings is 2. The first kappa shape index (κ1) is 13.9. The highest BCUT2D eigenvalue weighted by molar-refractivity contribution is 8.23. The number of hydrogen-bond donors (Lipinski definition) is 1. The third-order valence-electron chi connectivity index (χ3n) is 4.23. The summed E-state index contributed by atoms with van der Waals surface area (Å²) in [7, 11) is 2.16. The van der Waals surface area contributed by atoms with Gasteiger partial charge in [-0.15, -0.1) is 0 Å². The fourth-order valence-corrected chi connectivity index (χ4v) is 4.81. The zero-order valence-corrected chi connectivity index (χ0v) is 13.9. The first-order valence-corrected chi connectivity index (χ1v) is 8.62. The Bertz CT molecular complexity index is 704. The molecule has 2 atom stereocenters. The topological polar surface area (TPSA) is 18.5 Å². The Morgan fingerprint density at radius 2 is 1.82 bits per heavy atom. The largest absolute Gasteiger partial charge is 0.368 e. The summed E-state index contributed by atoms with van der Waals surface area (Å²) in [6.07, 6.45) is 0.243. The summed E-state index contributed by atoms with van der Waals surface area (Å²) < 4.78 is 0.964. The molecule has 22 heavy (non-hydrogen) atoms. The van der Waals surface area contributed by atoms with Crippen molar-refractivity contribution >= 4 is 39.7 Å². The highest BCUT2D eigenvalue weighted by atomic mass is 32.2. The quantitative estimate of drug-likeness (QED) is 0.845. The van der Waals surface area contributed by atoms with Gasteiger partial charge in [-0.1, -0.05) is 66.4 Å². The summed E-state index contributed by atoms with van der Waals surface area (Å²) in [5.41, 5.74) is 3.70. The number of nitrogens with one attached hydrogen (secondary N) is 1. The number of para-hydroxylation sites is 2. The number of thioether (sulfide) groups is 1. The molecular weight excluding hydrogens is 310 g/mol. The van der Waals surface area contributed by atoms with Gasteiger partial charge in [-0.05, 0) is 17.7 Å². The van der Waals surface area contributed by atoms with Gasteiger partial charge in [0.1, 0.15) is 15.9 Å². The number of anilines is 2. The van der Waals surface area contributed by atoms with E-state index in [9.17, 15) is 0 Å². The van der Waals surface area contributed by atoms with Crippen LogP contribution in [0.15, 0.2) is 54.6 Å². The molecule has 0 saturated carbocycles. The van der Waals surface area contributed by atoms with E-state index >= 15 is 0 Å². The van der Waals surface area contributed by atoms with Gasteiger partial charge in [0.05, 0.1) is 11.4 Å². The normalized spacial score (nSPS) is 23.0. The Morgan fingerprint density at radius 1 is 1.09 bits per heavy atom. The first-order chi connectivity index (χ1) is 10.7. The van der Waals surface area contributed by atoms with E-state index in [1.54, 1.807) is 11.8 Å². The number of rotatable bonds is 2. The lowest BCUT2D eigenvalue weighted by atomic mass is 10.1. The van der Waals surface area contributed by atoms with Crippen molar-refractivity contribution in [2.75, 3.05) is 17.3 Å². The standard InChI is InChI=1S/C17H17N3S2/c1-19-14-10-6-5-9-13(14)18-15-16(19)20(17(21)22-15)11-12-7-3-2-4-8-12/h2-10,15-16,18H,11H2,1H3/t15-,16+/m1/s1. The van der Waals surface area contributed by atoms with Crippen molar-refractivity contribution in [1.29, 1.82) is 0 Å². The summed E-state index contributed by atoms with van der Waals surface area (Å²) >= 11 is 7.39. The van der Waals surface area contributed by atoms with Gasteiger partial charge in [-0.2, -0.15) is 0 Å². The van der Waals surface area contributed by atoms with Crippen molar-refractivity contribution in [3.8, 4) is 0 Å². The predicted molar refractivity (Wildman–Crippen MR) is 98.2 cm³/mol. The van der Waals surface area contributed by atoms with Crippen molar-refractivity contribution in [1.82, 2.24) is 4.90 Å². The number of likely N-dealkylation sites (N-methyl/N-ethyl adjacent to an activating group) is 1. The van der Waals surface area contributed by atoms with Gasteiger partial charge >= 0.3 is 0 Å². The lowest BCUT2D eigenvalue weighted by Gasteiger charge is -2.42. The molecule has 1 fully saturated rings. The molecule has 112 valence electrons. The number of fused-ring (bicyclic) bond motifs is 2. The minimum absolute atomic E-state index is 0.243. The molecule has 2 aromatic carbocycles. The van der Waals surface area contributed by atoms with Gasteiger partial charge < -0.3 is 15.1 Å². The molecule has 0 amide bonds. The van der Waals surface area contributed by atoms with Gasteiger partial charge in [0.15, 0.2) is 0 Å². The lowest BCUT2D eigenvalue weighted by molar-refractivity contribution is 0.317. The van der Waals surface area contributed by atoms with Gasteiger partial charge in [0.25, 0.3) is 0 Å². The van der Waals surface area contributed by atoms with Crippen LogP contribution in [0, 0.1) is 0 Å². The molecule has 1 N–H and O–H groups in total. The molecule has 2 aromatic rings. The van der Waals surface area contributed by atoms with Crippen molar-refractivity contribution in [3.05, 3.63) is 60.2 Å². The van der Waals surface area contributed by atoms with E-state index in [1.807, 2.05) is 6.07 Å². The van der Waals surface area contributed by atoms with Gasteiger partial charge in [0, 0.05) is 13.6 Å². The van der Waals surface area contributed by atoms with E-state index in [0.717, 1.165) is 10.9 Å². The molecule has 0 aromatic heterocycles. The van der Waals surface area contributed by atoms with Crippen LogP contribution < -0.4 is 10.2 Å². The molecule has 5 heteroatoms. The second-order valence-electron chi connectivity index (χ2n) is 5.60. The maximum absolute atomic E-state index is 5.64. The van der Waals surface area contributed by atoms with Crippen LogP contribution in [-0.2, 0) is 6.54 Å². The average Bonchev–Trinajstić information content (AvgIpc) is 2.85. The molecule has 0 radical (unpaired) electrons. The van der Waals surface area contributed by atoms with E-state index in [1.165, 1.54) is 16.9 Å².